The fourth-order valence-electron chi connectivity index (χ4n) is 2.05. The molecular weight excluding hydrogens is 206 g/mol. The third-order valence-electron chi connectivity index (χ3n) is 3.00. The molecule has 5 heteroatoms. The van der Waals surface area contributed by atoms with E-state index < -0.39 is 5.97 Å². The van der Waals surface area contributed by atoms with Crippen LogP contribution in [0.5, 0.6) is 0 Å². The Morgan fingerprint density at radius 3 is 2.56 bits per heavy atom. The minimum absolute atomic E-state index is 0.201. The number of rotatable bonds is 2. The van der Waals surface area contributed by atoms with Crippen LogP contribution in [0.1, 0.15) is 18.5 Å². The Morgan fingerprint density at radius 1 is 1.38 bits per heavy atom. The predicted octanol–water partition coefficient (Wildman–Crippen LogP) is 1.09. The van der Waals surface area contributed by atoms with Gasteiger partial charge in [0.2, 0.25) is 0 Å². The highest BCUT2D eigenvalue weighted by Gasteiger charge is 2.25. The lowest BCUT2D eigenvalue weighted by atomic mass is 9.97. The zero-order chi connectivity index (χ0) is 11.5. The van der Waals surface area contributed by atoms with Crippen molar-refractivity contribution in [2.24, 2.45) is 5.92 Å². The molecule has 1 fully saturated rings. The van der Waals surface area contributed by atoms with Crippen LogP contribution in [0.25, 0.3) is 0 Å². The average molecular weight is 221 g/mol. The normalized spacial score (nSPS) is 17.4. The molecule has 0 saturated carbocycles. The number of hydrogen-bond donors (Lipinski definition) is 1. The maximum Gasteiger partial charge on any atom is 0.306 e. The number of anilines is 1. The van der Waals surface area contributed by atoms with Crippen molar-refractivity contribution in [3.05, 3.63) is 18.1 Å². The number of nitrogens with zero attached hydrogens (tertiary/aromatic N) is 3. The van der Waals surface area contributed by atoms with E-state index in [1.165, 1.54) is 0 Å². The first kappa shape index (κ1) is 10.9. The molecule has 1 N–H and O–H groups in total. The van der Waals surface area contributed by atoms with Crippen LogP contribution in [-0.2, 0) is 4.79 Å². The van der Waals surface area contributed by atoms with E-state index >= 15 is 0 Å². The number of aliphatic carboxylic acids is 1. The van der Waals surface area contributed by atoms with Gasteiger partial charge >= 0.3 is 5.97 Å². The van der Waals surface area contributed by atoms with Crippen molar-refractivity contribution in [3.8, 4) is 0 Å². The van der Waals surface area contributed by atoms with Crippen molar-refractivity contribution < 1.29 is 9.90 Å². The van der Waals surface area contributed by atoms with Gasteiger partial charge in [0.1, 0.15) is 5.82 Å². The van der Waals surface area contributed by atoms with Gasteiger partial charge in [-0.3, -0.25) is 9.78 Å². The van der Waals surface area contributed by atoms with Gasteiger partial charge in [0.05, 0.1) is 11.6 Å². The summed E-state index contributed by atoms with van der Waals surface area (Å²) in [6, 6.07) is 0. The van der Waals surface area contributed by atoms with E-state index in [0.717, 1.165) is 24.6 Å². The molecule has 0 spiro atoms. The molecule has 0 atom stereocenters. The molecule has 0 aliphatic carbocycles. The van der Waals surface area contributed by atoms with Gasteiger partial charge in [-0.2, -0.15) is 0 Å². The molecule has 0 unspecified atom stereocenters. The van der Waals surface area contributed by atoms with Crippen molar-refractivity contribution in [1.82, 2.24) is 9.97 Å². The Bertz CT molecular complexity index is 387. The molecule has 2 rings (SSSR count). The summed E-state index contributed by atoms with van der Waals surface area (Å²) < 4.78 is 0. The van der Waals surface area contributed by atoms with Gasteiger partial charge in [-0.15, -0.1) is 0 Å². The lowest BCUT2D eigenvalue weighted by Gasteiger charge is -2.31. The molecule has 2 heterocycles. The van der Waals surface area contributed by atoms with Crippen molar-refractivity contribution >= 4 is 11.8 Å². The van der Waals surface area contributed by atoms with Crippen molar-refractivity contribution in [2.75, 3.05) is 18.0 Å². The maximum atomic E-state index is 10.8. The molecule has 1 saturated heterocycles. The van der Waals surface area contributed by atoms with Gasteiger partial charge in [-0.25, -0.2) is 4.98 Å². The molecular formula is C11H15N3O2. The highest BCUT2D eigenvalue weighted by molar-refractivity contribution is 5.70. The fourth-order valence-corrected chi connectivity index (χ4v) is 2.05. The van der Waals surface area contributed by atoms with Crippen molar-refractivity contribution in [2.45, 2.75) is 19.8 Å². The van der Waals surface area contributed by atoms with Gasteiger partial charge in [-0.05, 0) is 19.8 Å². The predicted molar refractivity (Wildman–Crippen MR) is 59.3 cm³/mol. The summed E-state index contributed by atoms with van der Waals surface area (Å²) in [6.07, 6.45) is 4.71. The van der Waals surface area contributed by atoms with Crippen LogP contribution < -0.4 is 4.90 Å². The number of carboxylic acids is 1. The zero-order valence-corrected chi connectivity index (χ0v) is 9.26. The van der Waals surface area contributed by atoms with Crippen LogP contribution in [0, 0.1) is 12.8 Å². The summed E-state index contributed by atoms with van der Waals surface area (Å²) in [7, 11) is 0. The van der Waals surface area contributed by atoms with Crippen LogP contribution in [0.3, 0.4) is 0 Å². The summed E-state index contributed by atoms with van der Waals surface area (Å²) >= 11 is 0. The molecule has 1 aliphatic rings. The lowest BCUT2D eigenvalue weighted by molar-refractivity contribution is -0.142. The third-order valence-corrected chi connectivity index (χ3v) is 3.00. The monoisotopic (exact) mass is 221 g/mol. The van der Waals surface area contributed by atoms with Crippen LogP contribution in [-0.4, -0.2) is 34.1 Å². The summed E-state index contributed by atoms with van der Waals surface area (Å²) in [6.45, 7) is 3.42. The van der Waals surface area contributed by atoms with Crippen LogP contribution in [0.4, 0.5) is 5.82 Å². The van der Waals surface area contributed by atoms with E-state index in [9.17, 15) is 4.79 Å². The SMILES string of the molecule is Cc1nccnc1N1CCC(C(=O)O)CC1. The molecule has 0 radical (unpaired) electrons. The summed E-state index contributed by atoms with van der Waals surface area (Å²) in [5.41, 5.74) is 0.899. The molecule has 0 aromatic carbocycles. The second-order valence-corrected chi connectivity index (χ2v) is 4.06. The van der Waals surface area contributed by atoms with E-state index in [4.69, 9.17) is 5.11 Å². The van der Waals surface area contributed by atoms with Gasteiger partial charge in [0.25, 0.3) is 0 Å². The second kappa shape index (κ2) is 4.47. The van der Waals surface area contributed by atoms with E-state index in [0.29, 0.717) is 12.8 Å². The van der Waals surface area contributed by atoms with Crippen molar-refractivity contribution in [1.29, 1.82) is 0 Å². The summed E-state index contributed by atoms with van der Waals surface area (Å²) in [4.78, 5) is 21.4. The first-order chi connectivity index (χ1) is 7.68. The summed E-state index contributed by atoms with van der Waals surface area (Å²) in [5, 5.41) is 8.90. The Morgan fingerprint density at radius 2 is 2.00 bits per heavy atom. The van der Waals surface area contributed by atoms with Gasteiger partial charge in [0.15, 0.2) is 0 Å². The Balaban J connectivity index is 2.05. The first-order valence-electron chi connectivity index (χ1n) is 5.44. The highest BCUT2D eigenvalue weighted by atomic mass is 16.4. The average Bonchev–Trinajstić information content (AvgIpc) is 2.30. The topological polar surface area (TPSA) is 66.3 Å². The van der Waals surface area contributed by atoms with Crippen LogP contribution in [0.15, 0.2) is 12.4 Å². The number of piperidine rings is 1. The lowest BCUT2D eigenvalue weighted by Crippen LogP contribution is -2.37. The minimum atomic E-state index is -0.685. The minimum Gasteiger partial charge on any atom is -0.481 e. The second-order valence-electron chi connectivity index (χ2n) is 4.06. The maximum absolute atomic E-state index is 10.8. The molecule has 16 heavy (non-hydrogen) atoms. The van der Waals surface area contributed by atoms with E-state index in [2.05, 4.69) is 14.9 Å². The van der Waals surface area contributed by atoms with E-state index in [1.54, 1.807) is 12.4 Å². The molecule has 1 aromatic rings. The number of hydrogen-bond acceptors (Lipinski definition) is 4. The fraction of sp³-hybridized carbons (Fsp3) is 0.545. The van der Waals surface area contributed by atoms with E-state index in [1.807, 2.05) is 6.92 Å². The number of aryl methyl sites for hydroxylation is 1. The quantitative estimate of drug-likeness (QED) is 0.809. The zero-order valence-electron chi connectivity index (χ0n) is 9.26. The first-order valence-corrected chi connectivity index (χ1v) is 5.44. The van der Waals surface area contributed by atoms with Crippen molar-refractivity contribution in [3.63, 3.8) is 0 Å². The van der Waals surface area contributed by atoms with Gasteiger partial charge in [0, 0.05) is 25.5 Å². The van der Waals surface area contributed by atoms with Crippen LogP contribution >= 0.6 is 0 Å². The molecule has 1 aliphatic heterocycles. The molecule has 5 nitrogen and oxygen atoms in total. The molecule has 86 valence electrons. The molecule has 1 aromatic heterocycles. The smallest absolute Gasteiger partial charge is 0.306 e. The largest absolute Gasteiger partial charge is 0.481 e. The van der Waals surface area contributed by atoms with E-state index in [-0.39, 0.29) is 5.92 Å². The summed E-state index contributed by atoms with van der Waals surface area (Å²) in [5.74, 6) is -0.00455. The standard InChI is InChI=1S/C11H15N3O2/c1-8-10(13-5-4-12-8)14-6-2-9(3-7-14)11(15)16/h4-5,9H,2-3,6-7H2,1H3,(H,15,16). The Labute approximate surface area is 94.1 Å². The Hall–Kier alpha value is -1.65. The molecule has 0 bridgehead atoms. The number of carbonyl (C=O) groups is 1. The number of aromatic nitrogens is 2. The molecule has 0 amide bonds. The highest BCUT2D eigenvalue weighted by Crippen LogP contribution is 2.22. The van der Waals surface area contributed by atoms with Gasteiger partial charge in [-0.1, -0.05) is 0 Å². The van der Waals surface area contributed by atoms with Gasteiger partial charge < -0.3 is 10.0 Å². The number of carboxylic acid groups (broad SMARTS) is 1. The third kappa shape index (κ3) is 2.13. The Kier molecular flexibility index (Phi) is 3.03. The van der Waals surface area contributed by atoms with Crippen LogP contribution in [0.2, 0.25) is 0 Å².